The zero-order valence-electron chi connectivity index (χ0n) is 11.4. The van der Waals surface area contributed by atoms with Crippen LogP contribution in [0, 0.1) is 0 Å². The van der Waals surface area contributed by atoms with Crippen LogP contribution in [0.5, 0.6) is 0 Å². The third kappa shape index (κ3) is 3.80. The second-order valence-corrected chi connectivity index (χ2v) is 6.49. The molecule has 6 nitrogen and oxygen atoms in total. The topological polar surface area (TPSA) is 106 Å². The van der Waals surface area contributed by atoms with Gasteiger partial charge in [0.1, 0.15) is 6.04 Å². The van der Waals surface area contributed by atoms with E-state index in [1.54, 1.807) is 19.1 Å². The summed E-state index contributed by atoms with van der Waals surface area (Å²) >= 11 is 0. The molecule has 7 heteroatoms. The van der Waals surface area contributed by atoms with Crippen LogP contribution in [0.25, 0.3) is 0 Å². The minimum atomic E-state index is -3.52. The molecular weight excluding hydrogens is 280 g/mol. The minimum absolute atomic E-state index is 0.0223. The molecule has 0 saturated heterocycles. The molecule has 1 atom stereocenters. The van der Waals surface area contributed by atoms with Gasteiger partial charge in [-0.2, -0.15) is 0 Å². The van der Waals surface area contributed by atoms with Gasteiger partial charge in [0.2, 0.25) is 5.91 Å². The van der Waals surface area contributed by atoms with E-state index >= 15 is 0 Å². The van der Waals surface area contributed by atoms with Crippen molar-refractivity contribution in [2.45, 2.75) is 31.2 Å². The van der Waals surface area contributed by atoms with Gasteiger partial charge >= 0.3 is 0 Å². The monoisotopic (exact) mass is 298 g/mol. The van der Waals surface area contributed by atoms with Crippen LogP contribution in [0.2, 0.25) is 0 Å². The molecule has 110 valence electrons. The molecule has 0 heterocycles. The van der Waals surface area contributed by atoms with Crippen LogP contribution in [0.1, 0.15) is 30.6 Å². The molecule has 1 aromatic carbocycles. The highest BCUT2D eigenvalue weighted by molar-refractivity contribution is 7.91. The number of benzene rings is 1. The zero-order chi connectivity index (χ0) is 15.3. The first-order valence-electron chi connectivity index (χ1n) is 6.21. The van der Waals surface area contributed by atoms with Gasteiger partial charge in [-0.3, -0.25) is 9.59 Å². The Morgan fingerprint density at radius 1 is 1.30 bits per heavy atom. The van der Waals surface area contributed by atoms with E-state index in [0.29, 0.717) is 6.42 Å². The number of sulfone groups is 1. The highest BCUT2D eigenvalue weighted by atomic mass is 32.2. The first kappa shape index (κ1) is 16.2. The molecule has 20 heavy (non-hydrogen) atoms. The Kier molecular flexibility index (Phi) is 5.26. The molecular formula is C13H18N2O4S. The lowest BCUT2D eigenvalue weighted by Gasteiger charge is -2.13. The molecule has 2 amide bonds. The second kappa shape index (κ2) is 6.51. The average molecular weight is 298 g/mol. The van der Waals surface area contributed by atoms with Crippen molar-refractivity contribution in [1.82, 2.24) is 5.32 Å². The summed E-state index contributed by atoms with van der Waals surface area (Å²) in [5.41, 5.74) is 5.08. The van der Waals surface area contributed by atoms with Gasteiger partial charge in [-0.15, -0.1) is 0 Å². The van der Waals surface area contributed by atoms with Gasteiger partial charge in [-0.25, -0.2) is 8.42 Å². The minimum Gasteiger partial charge on any atom is -0.368 e. The largest absolute Gasteiger partial charge is 0.368 e. The Bertz CT molecular complexity index is 611. The summed E-state index contributed by atoms with van der Waals surface area (Å²) in [4.78, 5) is 23.0. The van der Waals surface area contributed by atoms with Gasteiger partial charge in [0.15, 0.2) is 9.84 Å². The number of rotatable bonds is 6. The first-order valence-corrected chi connectivity index (χ1v) is 7.86. The van der Waals surface area contributed by atoms with Crippen molar-refractivity contribution in [2.24, 2.45) is 5.73 Å². The van der Waals surface area contributed by atoms with Gasteiger partial charge in [-0.1, -0.05) is 19.1 Å². The Balaban J connectivity index is 3.14. The van der Waals surface area contributed by atoms with Crippen LogP contribution < -0.4 is 11.1 Å². The maximum absolute atomic E-state index is 12.1. The summed E-state index contributed by atoms with van der Waals surface area (Å²) in [7, 11) is -3.52. The van der Waals surface area contributed by atoms with Gasteiger partial charge in [0.25, 0.3) is 5.91 Å². The number of hydrogen-bond donors (Lipinski definition) is 2. The fourth-order valence-electron chi connectivity index (χ4n) is 1.65. The summed E-state index contributed by atoms with van der Waals surface area (Å²) < 4.78 is 24.2. The van der Waals surface area contributed by atoms with Crippen molar-refractivity contribution in [2.75, 3.05) is 5.75 Å². The van der Waals surface area contributed by atoms with Crippen molar-refractivity contribution in [3.63, 3.8) is 0 Å². The maximum atomic E-state index is 12.1. The number of hydrogen-bond acceptors (Lipinski definition) is 4. The molecule has 0 aliphatic carbocycles. The van der Waals surface area contributed by atoms with E-state index in [2.05, 4.69) is 5.32 Å². The third-order valence-corrected chi connectivity index (χ3v) is 4.69. The molecule has 0 bridgehead atoms. The lowest BCUT2D eigenvalue weighted by atomic mass is 10.2. The van der Waals surface area contributed by atoms with E-state index < -0.39 is 27.7 Å². The van der Waals surface area contributed by atoms with E-state index in [4.69, 9.17) is 5.73 Å². The van der Waals surface area contributed by atoms with Crippen LogP contribution in [-0.2, 0) is 14.6 Å². The Labute approximate surface area is 118 Å². The molecule has 1 aromatic rings. The zero-order valence-corrected chi connectivity index (χ0v) is 12.2. The van der Waals surface area contributed by atoms with E-state index in [-0.39, 0.29) is 16.2 Å². The van der Waals surface area contributed by atoms with Gasteiger partial charge < -0.3 is 11.1 Å². The molecule has 0 saturated carbocycles. The van der Waals surface area contributed by atoms with Crippen molar-refractivity contribution < 1.29 is 18.0 Å². The molecule has 0 fully saturated rings. The maximum Gasteiger partial charge on any atom is 0.253 e. The number of amides is 2. The predicted molar refractivity (Wildman–Crippen MR) is 74.9 cm³/mol. The standard InChI is InChI=1S/C13H18N2O4S/c1-3-8-20(18,19)11-7-5-4-6-10(11)13(17)15-9(2)12(14)16/h4-7,9H,3,8H2,1-2H3,(H2,14,16)(H,15,17). The van der Waals surface area contributed by atoms with E-state index in [9.17, 15) is 18.0 Å². The van der Waals surface area contributed by atoms with Crippen LogP contribution in [0.4, 0.5) is 0 Å². The second-order valence-electron chi connectivity index (χ2n) is 4.41. The quantitative estimate of drug-likeness (QED) is 0.796. The molecule has 1 unspecified atom stereocenters. The Morgan fingerprint density at radius 2 is 1.90 bits per heavy atom. The average Bonchev–Trinajstić information content (AvgIpc) is 2.38. The fourth-order valence-corrected chi connectivity index (χ4v) is 3.19. The van der Waals surface area contributed by atoms with E-state index in [1.807, 2.05) is 0 Å². The van der Waals surface area contributed by atoms with Crippen LogP contribution in [0.15, 0.2) is 29.2 Å². The number of primary amides is 1. The summed E-state index contributed by atoms with van der Waals surface area (Å²) in [6, 6.07) is 5.04. The Morgan fingerprint density at radius 3 is 2.45 bits per heavy atom. The van der Waals surface area contributed by atoms with Crippen molar-refractivity contribution in [3.8, 4) is 0 Å². The Hall–Kier alpha value is -1.89. The van der Waals surface area contributed by atoms with Crippen molar-refractivity contribution in [1.29, 1.82) is 0 Å². The van der Waals surface area contributed by atoms with E-state index in [1.165, 1.54) is 19.1 Å². The lowest BCUT2D eigenvalue weighted by Crippen LogP contribution is -2.42. The fraction of sp³-hybridized carbons (Fsp3) is 0.385. The SMILES string of the molecule is CCCS(=O)(=O)c1ccccc1C(=O)NC(C)C(N)=O. The molecule has 0 aliphatic heterocycles. The summed E-state index contributed by atoms with van der Waals surface area (Å²) in [5.74, 6) is -1.36. The smallest absolute Gasteiger partial charge is 0.253 e. The van der Waals surface area contributed by atoms with Crippen molar-refractivity contribution in [3.05, 3.63) is 29.8 Å². The first-order chi connectivity index (χ1) is 9.29. The molecule has 3 N–H and O–H groups in total. The number of nitrogens with two attached hydrogens (primary N) is 1. The molecule has 0 radical (unpaired) electrons. The molecule has 0 spiro atoms. The van der Waals surface area contributed by atoms with E-state index in [0.717, 1.165) is 0 Å². The molecule has 0 aromatic heterocycles. The number of carbonyl (C=O) groups is 2. The molecule has 0 aliphatic rings. The molecule has 1 rings (SSSR count). The predicted octanol–water partition coefficient (Wildman–Crippen LogP) is 0.474. The van der Waals surface area contributed by atoms with Crippen LogP contribution >= 0.6 is 0 Å². The van der Waals surface area contributed by atoms with Gasteiger partial charge in [0.05, 0.1) is 16.2 Å². The van der Waals surface area contributed by atoms with Crippen LogP contribution in [0.3, 0.4) is 0 Å². The summed E-state index contributed by atoms with van der Waals surface area (Å²) in [5, 5.41) is 2.37. The van der Waals surface area contributed by atoms with Gasteiger partial charge in [0, 0.05) is 0 Å². The highest BCUT2D eigenvalue weighted by Gasteiger charge is 2.23. The van der Waals surface area contributed by atoms with Crippen LogP contribution in [-0.4, -0.2) is 32.0 Å². The number of nitrogens with one attached hydrogen (secondary N) is 1. The summed E-state index contributed by atoms with van der Waals surface area (Å²) in [6.07, 6.45) is 0.454. The van der Waals surface area contributed by atoms with Crippen molar-refractivity contribution >= 4 is 21.7 Å². The number of carbonyl (C=O) groups excluding carboxylic acids is 2. The normalized spacial score (nSPS) is 12.7. The lowest BCUT2D eigenvalue weighted by molar-refractivity contribution is -0.119. The highest BCUT2D eigenvalue weighted by Crippen LogP contribution is 2.17. The third-order valence-electron chi connectivity index (χ3n) is 2.71. The summed E-state index contributed by atoms with van der Waals surface area (Å²) in [6.45, 7) is 3.18. The van der Waals surface area contributed by atoms with Gasteiger partial charge in [-0.05, 0) is 25.5 Å².